The van der Waals surface area contributed by atoms with Gasteiger partial charge in [-0.3, -0.25) is 4.90 Å². The molecule has 4 heterocycles. The van der Waals surface area contributed by atoms with Gasteiger partial charge in [-0.15, -0.1) is 21.5 Å². The molecule has 0 unspecified atom stereocenters. The average Bonchev–Trinajstić information content (AvgIpc) is 3.55. The number of fused-ring (bicyclic) bond motifs is 1. The van der Waals surface area contributed by atoms with E-state index in [0.29, 0.717) is 5.82 Å². The molecule has 176 valence electrons. The maximum absolute atomic E-state index is 4.83. The summed E-state index contributed by atoms with van der Waals surface area (Å²) in [7, 11) is 2.19. The molecular weight excluding hydrogens is 446 g/mol. The number of likely N-dealkylation sites (N-methyl/N-ethyl adjacent to an activating group) is 1. The number of hydrogen-bond acceptors (Lipinski definition) is 9. The smallest absolute Gasteiger partial charge is 0.206 e. The van der Waals surface area contributed by atoms with Crippen LogP contribution in [-0.2, 0) is 6.54 Å². The van der Waals surface area contributed by atoms with Crippen molar-refractivity contribution < 1.29 is 0 Å². The SMILES string of the molecule is CN1CCN(c2ccc(-c3nn[nH]n3)c(N3CCN(Cc4nc5ccccc5s4)CC3)c2)CC1. The molecule has 2 aromatic heterocycles. The molecule has 0 saturated carbocycles. The summed E-state index contributed by atoms with van der Waals surface area (Å²) in [4.78, 5) is 14.7. The zero-order chi connectivity index (χ0) is 22.9. The first-order chi connectivity index (χ1) is 16.7. The van der Waals surface area contributed by atoms with E-state index in [0.717, 1.165) is 70.0 Å². The Labute approximate surface area is 203 Å². The highest BCUT2D eigenvalue weighted by atomic mass is 32.1. The van der Waals surface area contributed by atoms with E-state index in [1.165, 1.54) is 21.1 Å². The number of thiazole rings is 1. The molecule has 2 aromatic carbocycles. The molecule has 2 fully saturated rings. The number of para-hydroxylation sites is 1. The Hall–Kier alpha value is -3.08. The Morgan fingerprint density at radius 3 is 2.47 bits per heavy atom. The van der Waals surface area contributed by atoms with Gasteiger partial charge in [-0.2, -0.15) is 5.21 Å². The Balaban J connectivity index is 1.19. The van der Waals surface area contributed by atoms with Crippen molar-refractivity contribution in [2.24, 2.45) is 0 Å². The second-order valence-corrected chi connectivity index (χ2v) is 10.2. The number of anilines is 2. The maximum Gasteiger partial charge on any atom is 0.206 e. The Kier molecular flexibility index (Phi) is 5.86. The third-order valence-corrected chi connectivity index (χ3v) is 7.87. The second-order valence-electron chi connectivity index (χ2n) is 9.07. The summed E-state index contributed by atoms with van der Waals surface area (Å²) in [6.07, 6.45) is 0. The van der Waals surface area contributed by atoms with Crippen LogP contribution in [-0.4, -0.2) is 94.8 Å². The van der Waals surface area contributed by atoms with E-state index in [1.807, 2.05) is 0 Å². The van der Waals surface area contributed by atoms with Gasteiger partial charge in [0.2, 0.25) is 5.82 Å². The quantitative estimate of drug-likeness (QED) is 0.472. The third kappa shape index (κ3) is 4.36. The summed E-state index contributed by atoms with van der Waals surface area (Å²) in [5.74, 6) is 0.650. The van der Waals surface area contributed by atoms with Crippen LogP contribution in [0.25, 0.3) is 21.6 Å². The molecule has 2 aliphatic rings. The fraction of sp³-hybridized carbons (Fsp3) is 0.417. The van der Waals surface area contributed by atoms with Crippen molar-refractivity contribution in [3.63, 3.8) is 0 Å². The van der Waals surface area contributed by atoms with Gasteiger partial charge in [0, 0.05) is 63.6 Å². The second kappa shape index (κ2) is 9.28. The largest absolute Gasteiger partial charge is 0.369 e. The average molecular weight is 476 g/mol. The Bertz CT molecular complexity index is 1210. The molecule has 9 nitrogen and oxygen atoms in total. The van der Waals surface area contributed by atoms with Gasteiger partial charge in [0.05, 0.1) is 22.4 Å². The maximum atomic E-state index is 4.83. The molecule has 0 bridgehead atoms. The summed E-state index contributed by atoms with van der Waals surface area (Å²) in [5.41, 5.74) is 4.60. The van der Waals surface area contributed by atoms with Gasteiger partial charge in [-0.1, -0.05) is 12.1 Å². The molecule has 4 aromatic rings. The van der Waals surface area contributed by atoms with Crippen LogP contribution in [0.5, 0.6) is 0 Å². The summed E-state index contributed by atoms with van der Waals surface area (Å²) >= 11 is 1.80. The number of aromatic nitrogens is 5. The fourth-order valence-electron chi connectivity index (χ4n) is 4.83. The van der Waals surface area contributed by atoms with Crippen LogP contribution in [0, 0.1) is 0 Å². The first-order valence-corrected chi connectivity index (χ1v) is 12.7. The van der Waals surface area contributed by atoms with Crippen molar-refractivity contribution >= 4 is 32.9 Å². The summed E-state index contributed by atoms with van der Waals surface area (Å²) < 4.78 is 1.27. The number of piperazine rings is 2. The first-order valence-electron chi connectivity index (χ1n) is 11.9. The van der Waals surface area contributed by atoms with E-state index in [-0.39, 0.29) is 0 Å². The third-order valence-electron chi connectivity index (χ3n) is 6.85. The van der Waals surface area contributed by atoms with E-state index in [9.17, 15) is 0 Å². The van der Waals surface area contributed by atoms with E-state index < -0.39 is 0 Å². The number of H-pyrrole nitrogens is 1. The van der Waals surface area contributed by atoms with Crippen molar-refractivity contribution in [3.05, 3.63) is 47.5 Å². The van der Waals surface area contributed by atoms with Crippen molar-refractivity contribution in [1.82, 2.24) is 35.4 Å². The van der Waals surface area contributed by atoms with Gasteiger partial charge >= 0.3 is 0 Å². The first kappa shape index (κ1) is 21.5. The molecule has 2 saturated heterocycles. The minimum absolute atomic E-state index is 0.650. The van der Waals surface area contributed by atoms with E-state index in [4.69, 9.17) is 4.98 Å². The number of nitrogens with zero attached hydrogens (tertiary/aromatic N) is 8. The highest BCUT2D eigenvalue weighted by Gasteiger charge is 2.24. The van der Waals surface area contributed by atoms with Crippen LogP contribution in [0.15, 0.2) is 42.5 Å². The molecule has 0 amide bonds. The summed E-state index contributed by atoms with van der Waals surface area (Å²) in [6.45, 7) is 9.11. The van der Waals surface area contributed by atoms with Gasteiger partial charge in [-0.25, -0.2) is 4.98 Å². The molecule has 0 atom stereocenters. The van der Waals surface area contributed by atoms with Crippen LogP contribution >= 0.6 is 11.3 Å². The predicted molar refractivity (Wildman–Crippen MR) is 136 cm³/mol. The minimum atomic E-state index is 0.650. The van der Waals surface area contributed by atoms with E-state index in [1.54, 1.807) is 11.3 Å². The zero-order valence-electron chi connectivity index (χ0n) is 19.4. The van der Waals surface area contributed by atoms with Gasteiger partial charge in [0.25, 0.3) is 0 Å². The van der Waals surface area contributed by atoms with Crippen LogP contribution in [0.4, 0.5) is 11.4 Å². The van der Waals surface area contributed by atoms with E-state index >= 15 is 0 Å². The van der Waals surface area contributed by atoms with Crippen molar-refractivity contribution in [3.8, 4) is 11.4 Å². The predicted octanol–water partition coefficient (Wildman–Crippen LogP) is 2.55. The summed E-state index contributed by atoms with van der Waals surface area (Å²) in [5, 5.41) is 16.1. The molecular formula is C24H29N9S. The molecule has 2 aliphatic heterocycles. The van der Waals surface area contributed by atoms with Crippen LogP contribution < -0.4 is 9.80 Å². The normalized spacial score (nSPS) is 18.1. The fourth-order valence-corrected chi connectivity index (χ4v) is 5.84. The zero-order valence-corrected chi connectivity index (χ0v) is 20.2. The topological polar surface area (TPSA) is 80.3 Å². The molecule has 6 rings (SSSR count). The number of hydrogen-bond donors (Lipinski definition) is 1. The van der Waals surface area contributed by atoms with Crippen LogP contribution in [0.1, 0.15) is 5.01 Å². The number of nitrogens with one attached hydrogen (secondary N) is 1. The lowest BCUT2D eigenvalue weighted by Gasteiger charge is -2.38. The molecule has 10 heteroatoms. The highest BCUT2D eigenvalue weighted by Crippen LogP contribution is 2.34. The van der Waals surface area contributed by atoms with Gasteiger partial charge < -0.3 is 14.7 Å². The number of aromatic amines is 1. The molecule has 34 heavy (non-hydrogen) atoms. The lowest BCUT2D eigenvalue weighted by Crippen LogP contribution is -2.46. The minimum Gasteiger partial charge on any atom is -0.369 e. The van der Waals surface area contributed by atoms with Gasteiger partial charge in [0.1, 0.15) is 5.01 Å². The van der Waals surface area contributed by atoms with Crippen LogP contribution in [0.3, 0.4) is 0 Å². The van der Waals surface area contributed by atoms with Crippen LogP contribution in [0.2, 0.25) is 0 Å². The monoisotopic (exact) mass is 475 g/mol. The number of rotatable bonds is 5. The standard InChI is InChI=1S/C24H29N9S/c1-30-8-12-32(13-9-30)18-6-7-19(24-26-28-29-27-24)21(16-18)33-14-10-31(11-15-33)17-23-25-20-4-2-3-5-22(20)34-23/h2-7,16H,8-15,17H2,1H3,(H,26,27,28,29). The molecule has 0 aliphatic carbocycles. The number of tetrazole rings is 1. The number of benzene rings is 2. The lowest BCUT2D eigenvalue weighted by molar-refractivity contribution is 0.250. The van der Waals surface area contributed by atoms with Gasteiger partial charge in [0.15, 0.2) is 0 Å². The van der Waals surface area contributed by atoms with Crippen molar-refractivity contribution in [2.45, 2.75) is 6.54 Å². The Morgan fingerprint density at radius 2 is 1.71 bits per heavy atom. The molecule has 1 N–H and O–H groups in total. The van der Waals surface area contributed by atoms with E-state index in [2.05, 4.69) is 89.7 Å². The van der Waals surface area contributed by atoms with Crippen molar-refractivity contribution in [1.29, 1.82) is 0 Å². The highest BCUT2D eigenvalue weighted by molar-refractivity contribution is 7.18. The summed E-state index contributed by atoms with van der Waals surface area (Å²) in [6, 6.07) is 15.1. The Morgan fingerprint density at radius 1 is 0.912 bits per heavy atom. The molecule has 0 spiro atoms. The van der Waals surface area contributed by atoms with Crippen molar-refractivity contribution in [2.75, 3.05) is 69.2 Å². The van der Waals surface area contributed by atoms with Gasteiger partial charge in [-0.05, 0) is 42.6 Å². The molecule has 0 radical (unpaired) electrons. The lowest BCUT2D eigenvalue weighted by atomic mass is 10.1.